The SMILES string of the molecule is CC[C@H](Oc1ccc(F)cc1)C(=O)NCCOc1ccccc1C(C)C. The lowest BCUT2D eigenvalue weighted by Crippen LogP contribution is -2.39. The van der Waals surface area contributed by atoms with Crippen molar-refractivity contribution >= 4 is 5.91 Å². The van der Waals surface area contributed by atoms with E-state index < -0.39 is 6.10 Å². The number of benzene rings is 2. The molecular formula is C21H26FNO3. The fourth-order valence-corrected chi connectivity index (χ4v) is 2.54. The van der Waals surface area contributed by atoms with Crippen molar-refractivity contribution in [1.82, 2.24) is 5.32 Å². The summed E-state index contributed by atoms with van der Waals surface area (Å²) < 4.78 is 24.4. The second kappa shape index (κ2) is 9.80. The third-order valence-corrected chi connectivity index (χ3v) is 3.96. The van der Waals surface area contributed by atoms with Gasteiger partial charge in [-0.15, -0.1) is 0 Å². The van der Waals surface area contributed by atoms with Crippen molar-refractivity contribution in [3.8, 4) is 11.5 Å². The molecule has 0 aliphatic heterocycles. The molecule has 1 N–H and O–H groups in total. The molecule has 0 bridgehead atoms. The van der Waals surface area contributed by atoms with Gasteiger partial charge in [-0.2, -0.15) is 0 Å². The lowest BCUT2D eigenvalue weighted by molar-refractivity contribution is -0.128. The fourth-order valence-electron chi connectivity index (χ4n) is 2.54. The number of para-hydroxylation sites is 1. The number of amides is 1. The highest BCUT2D eigenvalue weighted by Gasteiger charge is 2.18. The van der Waals surface area contributed by atoms with Gasteiger partial charge in [0.2, 0.25) is 0 Å². The summed E-state index contributed by atoms with van der Waals surface area (Å²) in [6, 6.07) is 13.5. The molecule has 0 radical (unpaired) electrons. The van der Waals surface area contributed by atoms with Gasteiger partial charge in [0, 0.05) is 0 Å². The number of carbonyl (C=O) groups excluding carboxylic acids is 1. The topological polar surface area (TPSA) is 47.6 Å². The Balaban J connectivity index is 1.81. The number of ether oxygens (including phenoxy) is 2. The Kier molecular flexibility index (Phi) is 7.45. The molecule has 5 heteroatoms. The number of hydrogen-bond donors (Lipinski definition) is 1. The van der Waals surface area contributed by atoms with Crippen molar-refractivity contribution < 1.29 is 18.7 Å². The van der Waals surface area contributed by atoms with E-state index in [1.807, 2.05) is 31.2 Å². The van der Waals surface area contributed by atoms with Gasteiger partial charge in [0.1, 0.15) is 23.9 Å². The number of rotatable bonds is 9. The molecule has 0 heterocycles. The predicted molar refractivity (Wildman–Crippen MR) is 100 cm³/mol. The van der Waals surface area contributed by atoms with Gasteiger partial charge >= 0.3 is 0 Å². The zero-order valence-electron chi connectivity index (χ0n) is 15.5. The molecule has 0 saturated carbocycles. The van der Waals surface area contributed by atoms with Gasteiger partial charge in [0.15, 0.2) is 6.10 Å². The molecule has 0 spiro atoms. The average molecular weight is 359 g/mol. The first kappa shape index (κ1) is 19.8. The Labute approximate surface area is 154 Å². The van der Waals surface area contributed by atoms with Crippen LogP contribution in [0.15, 0.2) is 48.5 Å². The summed E-state index contributed by atoms with van der Waals surface area (Å²) in [6.45, 7) is 6.85. The summed E-state index contributed by atoms with van der Waals surface area (Å²) in [5, 5.41) is 2.82. The molecule has 140 valence electrons. The van der Waals surface area contributed by atoms with Gasteiger partial charge in [-0.1, -0.05) is 39.0 Å². The van der Waals surface area contributed by atoms with Crippen molar-refractivity contribution in [2.75, 3.05) is 13.2 Å². The summed E-state index contributed by atoms with van der Waals surface area (Å²) in [6.07, 6.45) is -0.108. The zero-order chi connectivity index (χ0) is 18.9. The van der Waals surface area contributed by atoms with Gasteiger partial charge in [-0.3, -0.25) is 4.79 Å². The van der Waals surface area contributed by atoms with Crippen molar-refractivity contribution in [1.29, 1.82) is 0 Å². The minimum absolute atomic E-state index is 0.211. The van der Waals surface area contributed by atoms with Gasteiger partial charge in [-0.25, -0.2) is 4.39 Å². The molecule has 2 aromatic rings. The van der Waals surface area contributed by atoms with Crippen LogP contribution in [0.2, 0.25) is 0 Å². The number of nitrogens with one attached hydrogen (secondary N) is 1. The van der Waals surface area contributed by atoms with E-state index in [1.165, 1.54) is 24.3 Å². The van der Waals surface area contributed by atoms with Crippen molar-refractivity contribution in [3.63, 3.8) is 0 Å². The first-order chi connectivity index (χ1) is 12.5. The van der Waals surface area contributed by atoms with Crippen LogP contribution in [0.3, 0.4) is 0 Å². The van der Waals surface area contributed by atoms with Crippen LogP contribution >= 0.6 is 0 Å². The van der Waals surface area contributed by atoms with E-state index in [4.69, 9.17) is 9.47 Å². The number of hydrogen-bond acceptors (Lipinski definition) is 3. The second-order valence-electron chi connectivity index (χ2n) is 6.30. The number of halogens is 1. The standard InChI is InChI=1S/C21H26FNO3/c1-4-19(26-17-11-9-16(22)10-12-17)21(24)23-13-14-25-20-8-6-5-7-18(20)15(2)3/h5-12,15,19H,4,13-14H2,1-3H3,(H,23,24)/t19-/m0/s1. The van der Waals surface area contributed by atoms with E-state index in [-0.39, 0.29) is 11.7 Å². The third kappa shape index (κ3) is 5.76. The molecule has 0 aliphatic rings. The molecule has 0 fully saturated rings. The summed E-state index contributed by atoms with van der Waals surface area (Å²) in [5.74, 6) is 1.13. The highest BCUT2D eigenvalue weighted by molar-refractivity contribution is 5.81. The predicted octanol–water partition coefficient (Wildman–Crippen LogP) is 4.30. The van der Waals surface area contributed by atoms with E-state index in [0.717, 1.165) is 11.3 Å². The largest absolute Gasteiger partial charge is 0.491 e. The summed E-state index contributed by atoms with van der Waals surface area (Å²) in [5.41, 5.74) is 1.14. The van der Waals surface area contributed by atoms with Crippen LogP contribution in [-0.2, 0) is 4.79 Å². The smallest absolute Gasteiger partial charge is 0.261 e. The van der Waals surface area contributed by atoms with Crippen LogP contribution in [-0.4, -0.2) is 25.2 Å². The second-order valence-corrected chi connectivity index (χ2v) is 6.30. The van der Waals surface area contributed by atoms with Crippen LogP contribution in [0.5, 0.6) is 11.5 Å². The van der Waals surface area contributed by atoms with E-state index >= 15 is 0 Å². The molecule has 0 saturated heterocycles. The highest BCUT2D eigenvalue weighted by atomic mass is 19.1. The average Bonchev–Trinajstić information content (AvgIpc) is 2.64. The van der Waals surface area contributed by atoms with Crippen LogP contribution in [0, 0.1) is 5.82 Å². The Morgan fingerprint density at radius 2 is 1.81 bits per heavy atom. The van der Waals surface area contributed by atoms with Gasteiger partial charge in [-0.05, 0) is 48.2 Å². The van der Waals surface area contributed by atoms with Crippen molar-refractivity contribution in [2.24, 2.45) is 0 Å². The maximum Gasteiger partial charge on any atom is 0.261 e. The molecule has 1 amide bonds. The molecule has 2 rings (SSSR count). The maximum absolute atomic E-state index is 12.9. The quantitative estimate of drug-likeness (QED) is 0.679. The monoisotopic (exact) mass is 359 g/mol. The van der Waals surface area contributed by atoms with E-state index in [2.05, 4.69) is 19.2 Å². The van der Waals surface area contributed by atoms with E-state index in [1.54, 1.807) is 0 Å². The molecule has 26 heavy (non-hydrogen) atoms. The highest BCUT2D eigenvalue weighted by Crippen LogP contribution is 2.25. The van der Waals surface area contributed by atoms with Crippen molar-refractivity contribution in [3.05, 3.63) is 59.9 Å². The molecule has 2 aromatic carbocycles. The summed E-state index contributed by atoms with van der Waals surface area (Å²) in [7, 11) is 0. The Morgan fingerprint density at radius 1 is 1.12 bits per heavy atom. The summed E-state index contributed by atoms with van der Waals surface area (Å²) >= 11 is 0. The lowest BCUT2D eigenvalue weighted by Gasteiger charge is -2.18. The van der Waals surface area contributed by atoms with Crippen LogP contribution < -0.4 is 14.8 Å². The Hall–Kier alpha value is -2.56. The molecule has 0 unspecified atom stereocenters. The minimum Gasteiger partial charge on any atom is -0.491 e. The summed E-state index contributed by atoms with van der Waals surface area (Å²) in [4.78, 5) is 12.3. The lowest BCUT2D eigenvalue weighted by atomic mass is 10.0. The molecule has 0 aliphatic carbocycles. The van der Waals surface area contributed by atoms with Gasteiger partial charge in [0.25, 0.3) is 5.91 Å². The Bertz CT molecular complexity index is 701. The first-order valence-electron chi connectivity index (χ1n) is 8.93. The van der Waals surface area contributed by atoms with Crippen molar-refractivity contribution in [2.45, 2.75) is 39.2 Å². The van der Waals surface area contributed by atoms with E-state index in [0.29, 0.717) is 31.2 Å². The number of carbonyl (C=O) groups is 1. The first-order valence-corrected chi connectivity index (χ1v) is 8.93. The molecular weight excluding hydrogens is 333 g/mol. The fraction of sp³-hybridized carbons (Fsp3) is 0.381. The van der Waals surface area contributed by atoms with Crippen LogP contribution in [0.25, 0.3) is 0 Å². The molecule has 4 nitrogen and oxygen atoms in total. The normalized spacial score (nSPS) is 11.9. The maximum atomic E-state index is 12.9. The zero-order valence-corrected chi connectivity index (χ0v) is 15.5. The molecule has 1 atom stereocenters. The minimum atomic E-state index is -0.622. The van der Waals surface area contributed by atoms with Crippen LogP contribution in [0.4, 0.5) is 4.39 Å². The Morgan fingerprint density at radius 3 is 2.46 bits per heavy atom. The van der Waals surface area contributed by atoms with E-state index in [9.17, 15) is 9.18 Å². The van der Waals surface area contributed by atoms with Gasteiger partial charge in [0.05, 0.1) is 6.54 Å². The third-order valence-electron chi connectivity index (χ3n) is 3.96. The molecule has 0 aromatic heterocycles. The van der Waals surface area contributed by atoms with Gasteiger partial charge < -0.3 is 14.8 Å². The van der Waals surface area contributed by atoms with Crippen LogP contribution in [0.1, 0.15) is 38.7 Å².